The van der Waals surface area contributed by atoms with Crippen molar-refractivity contribution in [1.29, 1.82) is 5.26 Å². The van der Waals surface area contributed by atoms with Gasteiger partial charge in [-0.1, -0.05) is 0 Å². The van der Waals surface area contributed by atoms with Gasteiger partial charge in [0.25, 0.3) is 0 Å². The molecule has 1 unspecified atom stereocenters. The van der Waals surface area contributed by atoms with Gasteiger partial charge in [-0.25, -0.2) is 4.21 Å². The third kappa shape index (κ3) is 1.91. The van der Waals surface area contributed by atoms with Gasteiger partial charge in [-0.15, -0.1) is 0 Å². The Kier molecular flexibility index (Phi) is 2.97. The van der Waals surface area contributed by atoms with Gasteiger partial charge in [0.15, 0.2) is 11.1 Å². The van der Waals surface area contributed by atoms with Gasteiger partial charge >= 0.3 is 0 Å². The lowest BCUT2D eigenvalue weighted by molar-refractivity contribution is 0.446. The van der Waals surface area contributed by atoms with Crippen molar-refractivity contribution >= 4 is 11.1 Å². The Morgan fingerprint density at radius 2 is 2.00 bits per heavy atom. The highest BCUT2D eigenvalue weighted by Crippen LogP contribution is 2.08. The van der Waals surface area contributed by atoms with Crippen molar-refractivity contribution in [2.24, 2.45) is 0 Å². The van der Waals surface area contributed by atoms with Crippen LogP contribution in [0.5, 0.6) is 0 Å². The number of rotatable bonds is 2. The Hall–Kier alpha value is -1.18. The predicted molar refractivity (Wildman–Crippen MR) is 44.6 cm³/mol. The molecule has 4 heteroatoms. The molecule has 1 aromatic rings. The molecule has 0 spiro atoms. The summed E-state index contributed by atoms with van der Waals surface area (Å²) in [6.45, 7) is 0. The van der Waals surface area contributed by atoms with Crippen molar-refractivity contribution in [1.82, 2.24) is 0 Å². The van der Waals surface area contributed by atoms with E-state index in [9.17, 15) is 4.21 Å². The zero-order valence-electron chi connectivity index (χ0n) is 6.48. The van der Waals surface area contributed by atoms with Crippen LogP contribution in [0, 0.1) is 11.3 Å². The zero-order chi connectivity index (χ0) is 8.97. The summed E-state index contributed by atoms with van der Waals surface area (Å²) >= 11 is -1.41. The van der Waals surface area contributed by atoms with Gasteiger partial charge in [0.2, 0.25) is 0 Å². The van der Waals surface area contributed by atoms with Crippen LogP contribution in [0.3, 0.4) is 0 Å². The normalized spacial score (nSPS) is 12.0. The first-order valence-corrected chi connectivity index (χ1v) is 4.32. The fourth-order valence-electron chi connectivity index (χ4n) is 0.737. The molecule has 0 aliphatic heterocycles. The van der Waals surface area contributed by atoms with E-state index < -0.39 is 11.1 Å². The van der Waals surface area contributed by atoms with Gasteiger partial charge in [-0.3, -0.25) is 4.18 Å². The van der Waals surface area contributed by atoms with Gasteiger partial charge < -0.3 is 0 Å². The lowest BCUT2D eigenvalue weighted by Gasteiger charge is -1.96. The van der Waals surface area contributed by atoms with Crippen LogP contribution in [0.4, 0.5) is 0 Å². The number of nitriles is 1. The maximum atomic E-state index is 11.0. The molecule has 0 saturated carbocycles. The Morgan fingerprint density at radius 1 is 1.42 bits per heavy atom. The number of benzene rings is 1. The standard InChI is InChI=1S/C8H7NO2S/c1-11-12(10)8-4-2-7(6-9)3-5-8/h2-5H,1H3. The molecule has 12 heavy (non-hydrogen) atoms. The Bertz CT molecular complexity index is 326. The van der Waals surface area contributed by atoms with Crippen molar-refractivity contribution in [2.45, 2.75) is 4.90 Å². The van der Waals surface area contributed by atoms with Crippen molar-refractivity contribution in [3.05, 3.63) is 29.8 Å². The molecule has 0 N–H and O–H groups in total. The Morgan fingerprint density at radius 3 is 2.42 bits per heavy atom. The summed E-state index contributed by atoms with van der Waals surface area (Å²) in [5.74, 6) is 0. The van der Waals surface area contributed by atoms with Gasteiger partial charge in [0.05, 0.1) is 23.6 Å². The number of hydrogen-bond donors (Lipinski definition) is 0. The van der Waals surface area contributed by atoms with Crippen LogP contribution in [0.15, 0.2) is 29.2 Å². The molecule has 0 heterocycles. The molecule has 1 atom stereocenters. The van der Waals surface area contributed by atoms with E-state index in [2.05, 4.69) is 4.18 Å². The second kappa shape index (κ2) is 4.00. The molecule has 0 aliphatic rings. The SMILES string of the molecule is COS(=O)c1ccc(C#N)cc1. The molecule has 1 rings (SSSR count). The first-order chi connectivity index (χ1) is 5.77. The summed E-state index contributed by atoms with van der Waals surface area (Å²) in [6, 6.07) is 8.40. The zero-order valence-corrected chi connectivity index (χ0v) is 7.30. The van der Waals surface area contributed by atoms with Crippen molar-refractivity contribution < 1.29 is 8.39 Å². The van der Waals surface area contributed by atoms with E-state index in [4.69, 9.17) is 5.26 Å². The third-order valence-corrected chi connectivity index (χ3v) is 2.29. The molecule has 0 amide bonds. The van der Waals surface area contributed by atoms with E-state index in [0.29, 0.717) is 10.5 Å². The largest absolute Gasteiger partial charge is 0.290 e. The molecule has 0 saturated heterocycles. The lowest BCUT2D eigenvalue weighted by Crippen LogP contribution is -1.92. The van der Waals surface area contributed by atoms with Crippen LogP contribution in [-0.4, -0.2) is 11.3 Å². The van der Waals surface area contributed by atoms with E-state index in [1.54, 1.807) is 24.3 Å². The fraction of sp³-hybridized carbons (Fsp3) is 0.125. The highest BCUT2D eigenvalue weighted by Gasteiger charge is 2.00. The molecule has 0 bridgehead atoms. The number of nitrogens with zero attached hydrogens (tertiary/aromatic N) is 1. The summed E-state index contributed by atoms with van der Waals surface area (Å²) in [6.07, 6.45) is 0. The maximum Gasteiger partial charge on any atom is 0.188 e. The van der Waals surface area contributed by atoms with Crippen molar-refractivity contribution in [3.63, 3.8) is 0 Å². The van der Waals surface area contributed by atoms with E-state index in [-0.39, 0.29) is 0 Å². The van der Waals surface area contributed by atoms with E-state index in [1.807, 2.05) is 6.07 Å². The van der Waals surface area contributed by atoms with Crippen molar-refractivity contribution in [2.75, 3.05) is 7.11 Å². The molecular weight excluding hydrogens is 174 g/mol. The highest BCUT2D eigenvalue weighted by molar-refractivity contribution is 7.80. The van der Waals surface area contributed by atoms with Crippen molar-refractivity contribution in [3.8, 4) is 6.07 Å². The van der Waals surface area contributed by atoms with Crippen LogP contribution in [-0.2, 0) is 15.3 Å². The summed E-state index contributed by atoms with van der Waals surface area (Å²) in [7, 11) is 1.37. The minimum absolute atomic E-state index is 0.548. The molecule has 62 valence electrons. The topological polar surface area (TPSA) is 50.1 Å². The van der Waals surface area contributed by atoms with Crippen LogP contribution in [0.2, 0.25) is 0 Å². The highest BCUT2D eigenvalue weighted by atomic mass is 32.2. The Balaban J connectivity index is 2.94. The molecule has 0 aliphatic carbocycles. The predicted octanol–water partition coefficient (Wildman–Crippen LogP) is 1.23. The molecule has 1 aromatic carbocycles. The second-order valence-corrected chi connectivity index (χ2v) is 3.31. The monoisotopic (exact) mass is 181 g/mol. The third-order valence-electron chi connectivity index (χ3n) is 1.33. The van der Waals surface area contributed by atoms with Gasteiger partial charge in [0.1, 0.15) is 0 Å². The molecular formula is C8H7NO2S. The second-order valence-electron chi connectivity index (χ2n) is 2.04. The maximum absolute atomic E-state index is 11.0. The Labute approximate surface area is 73.3 Å². The average molecular weight is 181 g/mol. The van der Waals surface area contributed by atoms with Crippen LogP contribution >= 0.6 is 0 Å². The molecule has 0 fully saturated rings. The van der Waals surface area contributed by atoms with Gasteiger partial charge in [-0.05, 0) is 24.3 Å². The quantitative estimate of drug-likeness (QED) is 0.689. The molecule has 0 radical (unpaired) electrons. The van der Waals surface area contributed by atoms with Crippen LogP contribution in [0.1, 0.15) is 5.56 Å². The van der Waals surface area contributed by atoms with E-state index in [1.165, 1.54) is 7.11 Å². The molecule has 3 nitrogen and oxygen atoms in total. The minimum Gasteiger partial charge on any atom is -0.290 e. The summed E-state index contributed by atoms with van der Waals surface area (Å²) in [5.41, 5.74) is 0.548. The molecule has 0 aromatic heterocycles. The minimum atomic E-state index is -1.41. The first kappa shape index (κ1) is 8.91. The first-order valence-electron chi connectivity index (χ1n) is 3.24. The van der Waals surface area contributed by atoms with Gasteiger partial charge in [-0.2, -0.15) is 5.26 Å². The van der Waals surface area contributed by atoms with E-state index >= 15 is 0 Å². The summed E-state index contributed by atoms with van der Waals surface area (Å²) in [5, 5.41) is 8.47. The fourth-order valence-corrected chi connectivity index (χ4v) is 1.29. The van der Waals surface area contributed by atoms with Crippen LogP contribution in [0.25, 0.3) is 0 Å². The summed E-state index contributed by atoms with van der Waals surface area (Å²) in [4.78, 5) is 0.566. The van der Waals surface area contributed by atoms with Gasteiger partial charge in [0, 0.05) is 0 Å². The summed E-state index contributed by atoms with van der Waals surface area (Å²) < 4.78 is 15.6. The average Bonchev–Trinajstić information content (AvgIpc) is 2.17. The smallest absolute Gasteiger partial charge is 0.188 e. The lowest BCUT2D eigenvalue weighted by atomic mass is 10.2. The van der Waals surface area contributed by atoms with Crippen LogP contribution < -0.4 is 0 Å². The van der Waals surface area contributed by atoms with E-state index in [0.717, 1.165) is 0 Å². The number of hydrogen-bond acceptors (Lipinski definition) is 3.